The summed E-state index contributed by atoms with van der Waals surface area (Å²) in [4.78, 5) is 34.5. The van der Waals surface area contributed by atoms with Crippen LogP contribution in [0.4, 0.5) is 4.39 Å². The van der Waals surface area contributed by atoms with Gasteiger partial charge in [0.05, 0.1) is 5.56 Å². The number of likely N-dealkylation sites (tertiary alicyclic amines) is 1. The lowest BCUT2D eigenvalue weighted by molar-refractivity contribution is -0.151. The summed E-state index contributed by atoms with van der Waals surface area (Å²) in [6.45, 7) is 3.22. The first kappa shape index (κ1) is 20.2. The van der Waals surface area contributed by atoms with Crippen LogP contribution in [0, 0.1) is 24.6 Å². The number of halogens is 1. The molecule has 5 nitrogen and oxygen atoms in total. The van der Waals surface area contributed by atoms with Crippen molar-refractivity contribution in [3.63, 3.8) is 0 Å². The lowest BCUT2D eigenvalue weighted by Crippen LogP contribution is -2.66. The Hall–Kier alpha value is -2.76. The van der Waals surface area contributed by atoms with Gasteiger partial charge in [0.25, 0.3) is 5.91 Å². The fraction of sp³-hybridized carbons (Fsp3) is 0.480. The van der Waals surface area contributed by atoms with Crippen LogP contribution in [0.3, 0.4) is 0 Å². The van der Waals surface area contributed by atoms with Gasteiger partial charge >= 0.3 is 0 Å². The number of aryl methyl sites for hydroxylation is 1. The number of aromatic nitrogens is 1. The van der Waals surface area contributed by atoms with Crippen LogP contribution in [-0.4, -0.2) is 51.8 Å². The third-order valence-electron chi connectivity index (χ3n) is 7.28. The predicted octanol–water partition coefficient (Wildman–Crippen LogP) is 3.61. The number of hydrogen-bond donors (Lipinski definition) is 0. The van der Waals surface area contributed by atoms with Gasteiger partial charge in [0.2, 0.25) is 5.91 Å². The number of carbonyl (C=O) groups is 2. The highest BCUT2D eigenvalue weighted by Crippen LogP contribution is 2.42. The first-order chi connectivity index (χ1) is 15.0. The molecule has 3 aliphatic rings. The van der Waals surface area contributed by atoms with Crippen molar-refractivity contribution in [3.05, 3.63) is 65.2 Å². The van der Waals surface area contributed by atoms with Crippen molar-refractivity contribution in [1.82, 2.24) is 14.8 Å². The van der Waals surface area contributed by atoms with Gasteiger partial charge in [0.1, 0.15) is 5.82 Å². The Kier molecular flexibility index (Phi) is 5.24. The lowest BCUT2D eigenvalue weighted by atomic mass is 9.70. The van der Waals surface area contributed by atoms with Crippen molar-refractivity contribution in [2.45, 2.75) is 51.1 Å². The molecule has 3 aliphatic heterocycles. The minimum absolute atomic E-state index is 0.00240. The Morgan fingerprint density at radius 1 is 1.19 bits per heavy atom. The Balaban J connectivity index is 1.44. The molecule has 0 spiro atoms. The zero-order valence-corrected chi connectivity index (χ0v) is 17.8. The number of benzene rings is 1. The molecule has 0 N–H and O–H groups in total. The maximum absolute atomic E-state index is 13.8. The molecular weight excluding hydrogens is 393 g/mol. The van der Waals surface area contributed by atoms with Crippen molar-refractivity contribution in [2.75, 3.05) is 13.1 Å². The fourth-order valence-corrected chi connectivity index (χ4v) is 5.89. The second kappa shape index (κ2) is 8.06. The van der Waals surface area contributed by atoms with Crippen LogP contribution in [-0.2, 0) is 11.2 Å². The van der Waals surface area contributed by atoms with Gasteiger partial charge in [-0.3, -0.25) is 14.6 Å². The van der Waals surface area contributed by atoms with Crippen molar-refractivity contribution in [2.24, 2.45) is 11.8 Å². The van der Waals surface area contributed by atoms with Crippen LogP contribution in [0.15, 0.2) is 42.6 Å². The molecule has 162 valence electrons. The quantitative estimate of drug-likeness (QED) is 0.761. The molecule has 4 heterocycles. The molecule has 2 aromatic rings. The molecule has 0 saturated carbocycles. The van der Waals surface area contributed by atoms with Gasteiger partial charge in [-0.2, -0.15) is 0 Å². The number of amides is 2. The zero-order valence-electron chi connectivity index (χ0n) is 17.8. The number of nitrogens with zero attached hydrogens (tertiary/aromatic N) is 3. The van der Waals surface area contributed by atoms with E-state index in [1.807, 2.05) is 30.0 Å². The standard InChI is InChI=1S/C25H28FN3O2/c1-16-8-9-18(13-27-16)25(31)28-14-19-12-20(15-28)23(11-17-4-2-5-21(26)10-17)29-22(19)6-3-7-24(29)30/h2,4-5,8-10,13,19-20,22-23H,3,6-7,11-12,14-15H2,1H3/t19-,20+,22+,23+/m1/s1. The highest BCUT2D eigenvalue weighted by molar-refractivity contribution is 5.94. The van der Waals surface area contributed by atoms with E-state index < -0.39 is 0 Å². The van der Waals surface area contributed by atoms with E-state index in [-0.39, 0.29) is 35.6 Å². The topological polar surface area (TPSA) is 53.5 Å². The third-order valence-corrected chi connectivity index (χ3v) is 7.28. The molecule has 0 radical (unpaired) electrons. The first-order valence-corrected chi connectivity index (χ1v) is 11.3. The average Bonchev–Trinajstić information content (AvgIpc) is 2.77. The summed E-state index contributed by atoms with van der Waals surface area (Å²) >= 11 is 0. The zero-order chi connectivity index (χ0) is 21.5. The smallest absolute Gasteiger partial charge is 0.255 e. The highest BCUT2D eigenvalue weighted by atomic mass is 19.1. The predicted molar refractivity (Wildman–Crippen MR) is 115 cm³/mol. The second-order valence-corrected chi connectivity index (χ2v) is 9.32. The molecule has 0 unspecified atom stereocenters. The van der Waals surface area contributed by atoms with Gasteiger partial charge in [-0.05, 0) is 74.3 Å². The van der Waals surface area contributed by atoms with Crippen molar-refractivity contribution < 1.29 is 14.0 Å². The Labute approximate surface area is 182 Å². The molecular formula is C25H28FN3O2. The van der Waals surface area contributed by atoms with Crippen molar-refractivity contribution in [1.29, 1.82) is 0 Å². The maximum Gasteiger partial charge on any atom is 0.255 e. The minimum Gasteiger partial charge on any atom is -0.338 e. The van der Waals surface area contributed by atoms with E-state index in [4.69, 9.17) is 0 Å². The lowest BCUT2D eigenvalue weighted by Gasteiger charge is -2.56. The monoisotopic (exact) mass is 421 g/mol. The number of rotatable bonds is 3. The summed E-state index contributed by atoms with van der Waals surface area (Å²) in [7, 11) is 0. The van der Waals surface area contributed by atoms with E-state index in [0.717, 1.165) is 30.5 Å². The summed E-state index contributed by atoms with van der Waals surface area (Å²) in [6, 6.07) is 10.6. The van der Waals surface area contributed by atoms with Crippen LogP contribution in [0.1, 0.15) is 47.3 Å². The second-order valence-electron chi connectivity index (χ2n) is 9.32. The van der Waals surface area contributed by atoms with E-state index in [2.05, 4.69) is 9.88 Å². The normalized spacial score (nSPS) is 27.7. The van der Waals surface area contributed by atoms with Gasteiger partial charge < -0.3 is 9.80 Å². The minimum atomic E-state index is -0.250. The van der Waals surface area contributed by atoms with E-state index in [9.17, 15) is 14.0 Å². The summed E-state index contributed by atoms with van der Waals surface area (Å²) < 4.78 is 13.8. The number of fused-ring (bicyclic) bond motifs is 4. The van der Waals surface area contributed by atoms with E-state index in [1.165, 1.54) is 6.07 Å². The molecule has 4 atom stereocenters. The number of pyridine rings is 1. The summed E-state index contributed by atoms with van der Waals surface area (Å²) in [5.41, 5.74) is 2.41. The Morgan fingerprint density at radius 2 is 2.03 bits per heavy atom. The van der Waals surface area contributed by atoms with E-state index in [1.54, 1.807) is 18.3 Å². The van der Waals surface area contributed by atoms with Gasteiger partial charge in [-0.15, -0.1) is 0 Å². The van der Waals surface area contributed by atoms with Crippen LogP contribution in [0.2, 0.25) is 0 Å². The van der Waals surface area contributed by atoms with Crippen molar-refractivity contribution >= 4 is 11.8 Å². The first-order valence-electron chi connectivity index (χ1n) is 11.3. The summed E-state index contributed by atoms with van der Waals surface area (Å²) in [5.74, 6) is 0.481. The van der Waals surface area contributed by atoms with Crippen LogP contribution in [0.5, 0.6) is 0 Å². The molecule has 1 aromatic heterocycles. The largest absolute Gasteiger partial charge is 0.338 e. The fourth-order valence-electron chi connectivity index (χ4n) is 5.89. The van der Waals surface area contributed by atoms with Gasteiger partial charge in [0, 0.05) is 43.5 Å². The van der Waals surface area contributed by atoms with E-state index in [0.29, 0.717) is 37.4 Å². The van der Waals surface area contributed by atoms with E-state index >= 15 is 0 Å². The molecule has 2 bridgehead atoms. The number of piperidine rings is 3. The Morgan fingerprint density at radius 3 is 2.81 bits per heavy atom. The van der Waals surface area contributed by atoms with Crippen LogP contribution in [0.25, 0.3) is 0 Å². The molecule has 3 fully saturated rings. The highest BCUT2D eigenvalue weighted by Gasteiger charge is 2.50. The SMILES string of the molecule is Cc1ccc(C(=O)N2C[C@H]3C[C@@H](C2)[C@H](Cc2cccc(F)c2)N2C(=O)CCC[C@@H]32)cn1. The van der Waals surface area contributed by atoms with Crippen LogP contribution >= 0.6 is 0 Å². The number of carbonyl (C=O) groups excluding carboxylic acids is 2. The molecule has 2 amide bonds. The number of hydrogen-bond acceptors (Lipinski definition) is 3. The molecule has 31 heavy (non-hydrogen) atoms. The Bertz CT molecular complexity index is 993. The molecule has 0 aliphatic carbocycles. The molecule has 5 rings (SSSR count). The van der Waals surface area contributed by atoms with Gasteiger partial charge in [-0.1, -0.05) is 12.1 Å². The maximum atomic E-state index is 13.8. The van der Waals surface area contributed by atoms with Gasteiger partial charge in [0.15, 0.2) is 0 Å². The molecule has 1 aromatic carbocycles. The summed E-state index contributed by atoms with van der Waals surface area (Å²) in [5, 5.41) is 0. The average molecular weight is 422 g/mol. The molecule has 3 saturated heterocycles. The van der Waals surface area contributed by atoms with Gasteiger partial charge in [-0.25, -0.2) is 4.39 Å². The molecule has 6 heteroatoms. The summed E-state index contributed by atoms with van der Waals surface area (Å²) in [6.07, 6.45) is 5.78. The third kappa shape index (κ3) is 3.84. The van der Waals surface area contributed by atoms with Crippen LogP contribution < -0.4 is 0 Å². The van der Waals surface area contributed by atoms with Crippen molar-refractivity contribution in [3.8, 4) is 0 Å².